The number of carboxylic acid groups (broad SMARTS) is 1. The van der Waals surface area contributed by atoms with Crippen LogP contribution in [0.2, 0.25) is 20.2 Å². The van der Waals surface area contributed by atoms with Gasteiger partial charge < -0.3 is 5.11 Å². The van der Waals surface area contributed by atoms with E-state index in [1.807, 2.05) is 0 Å². The van der Waals surface area contributed by atoms with Crippen LogP contribution in [0.1, 0.15) is 10.4 Å². The predicted molar refractivity (Wildman–Crippen MR) is 76.7 cm³/mol. The molecule has 0 unspecified atom stereocenters. The first-order valence-corrected chi connectivity index (χ1v) is 6.46. The van der Waals surface area contributed by atoms with Crippen molar-refractivity contribution in [3.05, 3.63) is 50.0 Å². The van der Waals surface area contributed by atoms with Gasteiger partial charge in [0.15, 0.2) is 0 Å². The van der Waals surface area contributed by atoms with E-state index in [9.17, 15) is 4.79 Å². The molecule has 1 N–H and O–H groups in total. The van der Waals surface area contributed by atoms with Crippen LogP contribution in [0.5, 0.6) is 0 Å². The third-order valence-electron chi connectivity index (χ3n) is 2.37. The lowest BCUT2D eigenvalue weighted by atomic mass is 10.1. The molecule has 1 aromatic carbocycles. The molecule has 98 valence electrons. The molecular formula is C12H5Cl4NO2. The lowest BCUT2D eigenvalue weighted by Gasteiger charge is -2.07. The van der Waals surface area contributed by atoms with Crippen LogP contribution >= 0.6 is 46.4 Å². The van der Waals surface area contributed by atoms with Gasteiger partial charge in [0, 0.05) is 5.56 Å². The zero-order valence-corrected chi connectivity index (χ0v) is 12.1. The van der Waals surface area contributed by atoms with Crippen molar-refractivity contribution in [1.82, 2.24) is 4.98 Å². The first kappa shape index (κ1) is 14.4. The molecule has 19 heavy (non-hydrogen) atoms. The van der Waals surface area contributed by atoms with Crippen LogP contribution in [0, 0.1) is 0 Å². The molecule has 0 fully saturated rings. The van der Waals surface area contributed by atoms with Crippen LogP contribution in [0.15, 0.2) is 24.3 Å². The zero-order chi connectivity index (χ0) is 14.2. The SMILES string of the molecule is O=C(O)c1ccc(-c2cc(Cl)c(Cl)cc2Cl)nc1Cl. The highest BCUT2D eigenvalue weighted by Gasteiger charge is 2.14. The van der Waals surface area contributed by atoms with E-state index in [0.717, 1.165) is 0 Å². The highest BCUT2D eigenvalue weighted by Crippen LogP contribution is 2.35. The topological polar surface area (TPSA) is 50.2 Å². The molecule has 0 saturated heterocycles. The van der Waals surface area contributed by atoms with Crippen molar-refractivity contribution < 1.29 is 9.90 Å². The molecule has 0 spiro atoms. The van der Waals surface area contributed by atoms with Gasteiger partial charge in [0.1, 0.15) is 5.15 Å². The number of hydrogen-bond acceptors (Lipinski definition) is 2. The molecule has 2 rings (SSSR count). The lowest BCUT2D eigenvalue weighted by Crippen LogP contribution is -1.99. The minimum absolute atomic E-state index is 0.0819. The molecule has 0 radical (unpaired) electrons. The second kappa shape index (κ2) is 5.55. The number of carboxylic acids is 1. The van der Waals surface area contributed by atoms with Crippen molar-refractivity contribution in [3.8, 4) is 11.3 Å². The van der Waals surface area contributed by atoms with E-state index in [0.29, 0.717) is 26.3 Å². The Labute approximate surface area is 128 Å². The maximum Gasteiger partial charge on any atom is 0.338 e. The van der Waals surface area contributed by atoms with Crippen LogP contribution < -0.4 is 0 Å². The number of halogens is 4. The summed E-state index contributed by atoms with van der Waals surface area (Å²) in [5, 5.41) is 9.75. The molecule has 0 aliphatic carbocycles. The first-order valence-electron chi connectivity index (χ1n) is 4.95. The Morgan fingerprint density at radius 1 is 1.00 bits per heavy atom. The van der Waals surface area contributed by atoms with E-state index in [4.69, 9.17) is 51.5 Å². The van der Waals surface area contributed by atoms with E-state index in [1.54, 1.807) is 6.07 Å². The first-order chi connectivity index (χ1) is 8.90. The number of benzene rings is 1. The average Bonchev–Trinajstić information content (AvgIpc) is 2.33. The molecular weight excluding hydrogens is 332 g/mol. The third kappa shape index (κ3) is 2.95. The quantitative estimate of drug-likeness (QED) is 0.616. The van der Waals surface area contributed by atoms with Gasteiger partial charge in [-0.15, -0.1) is 0 Å². The maximum absolute atomic E-state index is 10.8. The third-order valence-corrected chi connectivity index (χ3v) is 3.69. The summed E-state index contributed by atoms with van der Waals surface area (Å²) in [5.41, 5.74) is 0.857. The fraction of sp³-hybridized carbons (Fsp3) is 0. The lowest BCUT2D eigenvalue weighted by molar-refractivity contribution is 0.0696. The van der Waals surface area contributed by atoms with Gasteiger partial charge in [-0.05, 0) is 24.3 Å². The number of hydrogen-bond donors (Lipinski definition) is 1. The highest BCUT2D eigenvalue weighted by molar-refractivity contribution is 6.44. The molecule has 0 bridgehead atoms. The van der Waals surface area contributed by atoms with E-state index in [2.05, 4.69) is 4.98 Å². The summed E-state index contributed by atoms with van der Waals surface area (Å²) in [7, 11) is 0. The summed E-state index contributed by atoms with van der Waals surface area (Å²) < 4.78 is 0. The zero-order valence-electron chi connectivity index (χ0n) is 9.12. The summed E-state index contributed by atoms with van der Waals surface area (Å²) in [6, 6.07) is 5.89. The summed E-state index contributed by atoms with van der Waals surface area (Å²) in [6.07, 6.45) is 0. The Bertz CT molecular complexity index is 673. The van der Waals surface area contributed by atoms with Crippen LogP contribution in [0.4, 0.5) is 0 Å². The van der Waals surface area contributed by atoms with Gasteiger partial charge in [-0.25, -0.2) is 9.78 Å². The van der Waals surface area contributed by atoms with Crippen molar-refractivity contribution in [2.75, 3.05) is 0 Å². The van der Waals surface area contributed by atoms with Gasteiger partial charge in [-0.1, -0.05) is 46.4 Å². The van der Waals surface area contributed by atoms with Crippen molar-refractivity contribution in [1.29, 1.82) is 0 Å². The number of nitrogens with zero attached hydrogens (tertiary/aromatic N) is 1. The van der Waals surface area contributed by atoms with Gasteiger partial charge in [-0.3, -0.25) is 0 Å². The van der Waals surface area contributed by atoms with Crippen LogP contribution in [-0.2, 0) is 0 Å². The van der Waals surface area contributed by atoms with Crippen molar-refractivity contribution in [3.63, 3.8) is 0 Å². The minimum atomic E-state index is -1.15. The Morgan fingerprint density at radius 3 is 2.21 bits per heavy atom. The summed E-state index contributed by atoms with van der Waals surface area (Å²) in [6.45, 7) is 0. The second-order valence-corrected chi connectivity index (χ2v) is 5.17. The van der Waals surface area contributed by atoms with Gasteiger partial charge in [0.05, 0.1) is 26.3 Å². The van der Waals surface area contributed by atoms with Crippen molar-refractivity contribution in [2.45, 2.75) is 0 Å². The number of aromatic carboxylic acids is 1. The molecule has 3 nitrogen and oxygen atoms in total. The smallest absolute Gasteiger partial charge is 0.338 e. The fourth-order valence-corrected chi connectivity index (χ4v) is 2.34. The highest BCUT2D eigenvalue weighted by atomic mass is 35.5. The predicted octanol–water partition coefficient (Wildman–Crippen LogP) is 5.06. The Hall–Kier alpha value is -1.000. The monoisotopic (exact) mass is 335 g/mol. The summed E-state index contributed by atoms with van der Waals surface area (Å²) >= 11 is 23.6. The Morgan fingerprint density at radius 2 is 1.63 bits per heavy atom. The number of carbonyl (C=O) groups is 1. The van der Waals surface area contributed by atoms with Gasteiger partial charge >= 0.3 is 5.97 Å². The molecule has 1 aromatic heterocycles. The van der Waals surface area contributed by atoms with Crippen LogP contribution in [-0.4, -0.2) is 16.1 Å². The molecule has 0 saturated carbocycles. The van der Waals surface area contributed by atoms with E-state index in [-0.39, 0.29) is 10.7 Å². The molecule has 2 aromatic rings. The van der Waals surface area contributed by atoms with Gasteiger partial charge in [0.2, 0.25) is 0 Å². The maximum atomic E-state index is 10.8. The number of pyridine rings is 1. The minimum Gasteiger partial charge on any atom is -0.478 e. The standard InChI is InChI=1S/C12H5Cl4NO2/c13-7-4-9(15)8(14)3-6(7)10-2-1-5(12(18)19)11(16)17-10/h1-4H,(H,18,19). The normalized spacial score (nSPS) is 10.5. The van der Waals surface area contributed by atoms with Gasteiger partial charge in [0.25, 0.3) is 0 Å². The number of rotatable bonds is 2. The summed E-state index contributed by atoms with van der Waals surface area (Å²) in [5.74, 6) is -1.15. The molecule has 7 heteroatoms. The second-order valence-electron chi connectivity index (χ2n) is 3.59. The van der Waals surface area contributed by atoms with Gasteiger partial charge in [-0.2, -0.15) is 0 Å². The molecule has 0 aliphatic rings. The van der Waals surface area contributed by atoms with E-state index in [1.165, 1.54) is 18.2 Å². The summed E-state index contributed by atoms with van der Waals surface area (Å²) in [4.78, 5) is 14.8. The Balaban J connectivity index is 2.57. The number of aromatic nitrogens is 1. The van der Waals surface area contributed by atoms with Crippen LogP contribution in [0.25, 0.3) is 11.3 Å². The molecule has 0 atom stereocenters. The fourth-order valence-electron chi connectivity index (χ4n) is 1.46. The average molecular weight is 337 g/mol. The van der Waals surface area contributed by atoms with E-state index < -0.39 is 5.97 Å². The van der Waals surface area contributed by atoms with Crippen molar-refractivity contribution in [2.24, 2.45) is 0 Å². The molecule has 0 amide bonds. The van der Waals surface area contributed by atoms with Crippen molar-refractivity contribution >= 4 is 52.4 Å². The van der Waals surface area contributed by atoms with Crippen LogP contribution in [0.3, 0.4) is 0 Å². The molecule has 1 heterocycles. The Kier molecular flexibility index (Phi) is 4.21. The largest absolute Gasteiger partial charge is 0.478 e. The van der Waals surface area contributed by atoms with E-state index >= 15 is 0 Å². The molecule has 0 aliphatic heterocycles.